The van der Waals surface area contributed by atoms with Crippen molar-refractivity contribution >= 4 is 27.5 Å². The smallest absolute Gasteiger partial charge is 0.221 e. The van der Waals surface area contributed by atoms with Crippen LogP contribution in [-0.4, -0.2) is 22.1 Å². The molecule has 0 amide bonds. The number of methoxy groups -OCH3 is 1. The van der Waals surface area contributed by atoms with E-state index >= 15 is 0 Å². The van der Waals surface area contributed by atoms with Crippen molar-refractivity contribution in [1.29, 1.82) is 0 Å². The number of pyridine rings is 1. The van der Waals surface area contributed by atoms with Gasteiger partial charge in [0, 0.05) is 23.2 Å². The highest BCUT2D eigenvalue weighted by molar-refractivity contribution is 9.10. The highest BCUT2D eigenvalue weighted by Gasteiger charge is 2.10. The van der Waals surface area contributed by atoms with E-state index in [1.165, 1.54) is 0 Å². The number of hydrogen-bond acceptors (Lipinski definition) is 4. The summed E-state index contributed by atoms with van der Waals surface area (Å²) in [6.07, 6.45) is 5.86. The zero-order valence-electron chi connectivity index (χ0n) is 12.3. The summed E-state index contributed by atoms with van der Waals surface area (Å²) in [4.78, 5) is 12.9. The fourth-order valence-corrected chi connectivity index (χ4v) is 2.65. The summed E-state index contributed by atoms with van der Waals surface area (Å²) < 4.78 is 6.09. The molecule has 0 radical (unpaired) electrons. The van der Waals surface area contributed by atoms with Gasteiger partial charge in [0.15, 0.2) is 0 Å². The zero-order valence-corrected chi connectivity index (χ0v) is 14.7. The Morgan fingerprint density at radius 2 is 1.96 bits per heavy atom. The Labute approximate surface area is 147 Å². The summed E-state index contributed by atoms with van der Waals surface area (Å²) in [5.41, 5.74) is 3.76. The largest absolute Gasteiger partial charge is 0.481 e. The third-order valence-corrected chi connectivity index (χ3v) is 3.94. The average molecular weight is 391 g/mol. The third-order valence-electron chi connectivity index (χ3n) is 3.30. The van der Waals surface area contributed by atoms with E-state index in [9.17, 15) is 0 Å². The molecular weight excluding hydrogens is 378 g/mol. The Kier molecular flexibility index (Phi) is 4.88. The molecule has 0 aliphatic carbocycles. The molecule has 23 heavy (non-hydrogen) atoms. The summed E-state index contributed by atoms with van der Waals surface area (Å²) >= 11 is 9.37. The lowest BCUT2D eigenvalue weighted by Crippen LogP contribution is -1.97. The topological polar surface area (TPSA) is 47.9 Å². The summed E-state index contributed by atoms with van der Waals surface area (Å²) in [5, 5.41) is 0.675. The molecule has 1 aromatic carbocycles. The van der Waals surface area contributed by atoms with Crippen LogP contribution in [0.2, 0.25) is 5.02 Å². The first-order valence-corrected chi connectivity index (χ1v) is 8.08. The van der Waals surface area contributed by atoms with Gasteiger partial charge in [-0.3, -0.25) is 4.98 Å². The number of hydrogen-bond donors (Lipinski definition) is 0. The molecule has 0 aliphatic heterocycles. The van der Waals surface area contributed by atoms with Crippen LogP contribution in [0.3, 0.4) is 0 Å². The van der Waals surface area contributed by atoms with E-state index in [-0.39, 0.29) is 0 Å². The zero-order chi connectivity index (χ0) is 16.2. The first kappa shape index (κ1) is 15.9. The Balaban J connectivity index is 1.97. The van der Waals surface area contributed by atoms with Crippen LogP contribution in [0.1, 0.15) is 11.3 Å². The van der Waals surface area contributed by atoms with Gasteiger partial charge in [0.05, 0.1) is 25.2 Å². The van der Waals surface area contributed by atoms with Crippen molar-refractivity contribution in [2.75, 3.05) is 7.11 Å². The molecule has 0 fully saturated rings. The molecule has 0 bridgehead atoms. The number of nitrogens with zero attached hydrogens (tertiary/aromatic N) is 3. The van der Waals surface area contributed by atoms with Gasteiger partial charge in [-0.15, -0.1) is 0 Å². The Bertz CT molecular complexity index is 824. The van der Waals surface area contributed by atoms with Crippen LogP contribution >= 0.6 is 27.5 Å². The fourth-order valence-electron chi connectivity index (χ4n) is 2.26. The summed E-state index contributed by atoms with van der Waals surface area (Å²) in [6, 6.07) is 9.66. The van der Waals surface area contributed by atoms with E-state index in [4.69, 9.17) is 16.3 Å². The normalized spacial score (nSPS) is 10.6. The van der Waals surface area contributed by atoms with Crippen LogP contribution in [-0.2, 0) is 6.42 Å². The van der Waals surface area contributed by atoms with Gasteiger partial charge in [-0.05, 0) is 45.3 Å². The SMILES string of the molecule is COc1ncc(Cc2cnc(Br)cn2)cc1-c1cccc(Cl)c1. The molecule has 0 atom stereocenters. The summed E-state index contributed by atoms with van der Waals surface area (Å²) in [5.74, 6) is 0.568. The minimum absolute atomic E-state index is 0.568. The van der Waals surface area contributed by atoms with Crippen LogP contribution in [0.15, 0.2) is 53.5 Å². The Morgan fingerprint density at radius 3 is 2.65 bits per heavy atom. The minimum atomic E-state index is 0.568. The average Bonchev–Trinajstić information content (AvgIpc) is 2.57. The number of rotatable bonds is 4. The van der Waals surface area contributed by atoms with E-state index in [2.05, 4.69) is 30.9 Å². The van der Waals surface area contributed by atoms with E-state index in [0.29, 0.717) is 21.9 Å². The number of benzene rings is 1. The lowest BCUT2D eigenvalue weighted by molar-refractivity contribution is 0.399. The van der Waals surface area contributed by atoms with Gasteiger partial charge in [0.25, 0.3) is 0 Å². The molecule has 6 heteroatoms. The monoisotopic (exact) mass is 389 g/mol. The maximum absolute atomic E-state index is 6.09. The molecule has 0 saturated heterocycles. The molecule has 0 unspecified atom stereocenters. The molecule has 116 valence electrons. The first-order chi connectivity index (χ1) is 11.2. The van der Waals surface area contributed by atoms with Crippen molar-refractivity contribution in [2.45, 2.75) is 6.42 Å². The van der Waals surface area contributed by atoms with Crippen LogP contribution < -0.4 is 4.74 Å². The quantitative estimate of drug-likeness (QED) is 0.655. The highest BCUT2D eigenvalue weighted by Crippen LogP contribution is 2.30. The van der Waals surface area contributed by atoms with Crippen molar-refractivity contribution < 1.29 is 4.74 Å². The molecule has 2 heterocycles. The molecular formula is C17H13BrClN3O. The second kappa shape index (κ2) is 7.06. The van der Waals surface area contributed by atoms with Crippen LogP contribution in [0, 0.1) is 0 Å². The standard InChI is InChI=1S/C17H13BrClN3O/c1-23-17-15(12-3-2-4-13(19)7-12)6-11(8-22-17)5-14-9-21-16(18)10-20-14/h2-4,6-10H,5H2,1H3. The minimum Gasteiger partial charge on any atom is -0.481 e. The van der Waals surface area contributed by atoms with Crippen LogP contribution in [0.25, 0.3) is 11.1 Å². The van der Waals surface area contributed by atoms with Gasteiger partial charge in [0.2, 0.25) is 5.88 Å². The van der Waals surface area contributed by atoms with Gasteiger partial charge in [0.1, 0.15) is 4.60 Å². The van der Waals surface area contributed by atoms with Crippen molar-refractivity contribution in [1.82, 2.24) is 15.0 Å². The van der Waals surface area contributed by atoms with Crippen LogP contribution in [0.5, 0.6) is 5.88 Å². The molecule has 0 spiro atoms. The van der Waals surface area contributed by atoms with Gasteiger partial charge < -0.3 is 4.74 Å². The molecule has 0 aliphatic rings. The van der Waals surface area contributed by atoms with Crippen molar-refractivity contribution in [3.05, 3.63) is 69.8 Å². The van der Waals surface area contributed by atoms with Crippen molar-refractivity contribution in [3.8, 4) is 17.0 Å². The second-order valence-electron chi connectivity index (χ2n) is 4.92. The second-order valence-corrected chi connectivity index (χ2v) is 6.17. The van der Waals surface area contributed by atoms with E-state index in [1.807, 2.05) is 30.3 Å². The maximum Gasteiger partial charge on any atom is 0.221 e. The lowest BCUT2D eigenvalue weighted by Gasteiger charge is -2.10. The molecule has 0 saturated carbocycles. The Hall–Kier alpha value is -1.98. The molecule has 3 rings (SSSR count). The molecule has 4 nitrogen and oxygen atoms in total. The van der Waals surface area contributed by atoms with Crippen LogP contribution in [0.4, 0.5) is 0 Å². The summed E-state index contributed by atoms with van der Waals surface area (Å²) in [7, 11) is 1.61. The predicted molar refractivity (Wildman–Crippen MR) is 93.8 cm³/mol. The number of ether oxygens (including phenoxy) is 1. The van der Waals surface area contributed by atoms with E-state index in [1.54, 1.807) is 25.7 Å². The number of aromatic nitrogens is 3. The third kappa shape index (κ3) is 3.86. The molecule has 0 N–H and O–H groups in total. The highest BCUT2D eigenvalue weighted by atomic mass is 79.9. The van der Waals surface area contributed by atoms with Gasteiger partial charge in [-0.2, -0.15) is 0 Å². The lowest BCUT2D eigenvalue weighted by atomic mass is 10.0. The van der Waals surface area contributed by atoms with Gasteiger partial charge in [-0.1, -0.05) is 23.7 Å². The van der Waals surface area contributed by atoms with Crippen molar-refractivity contribution in [3.63, 3.8) is 0 Å². The van der Waals surface area contributed by atoms with E-state index in [0.717, 1.165) is 22.4 Å². The number of halogens is 2. The molecule has 2 aromatic heterocycles. The predicted octanol–water partition coefficient (Wildman–Crippen LogP) is 4.55. The first-order valence-electron chi connectivity index (χ1n) is 6.91. The maximum atomic E-state index is 6.09. The van der Waals surface area contributed by atoms with Crippen molar-refractivity contribution in [2.24, 2.45) is 0 Å². The van der Waals surface area contributed by atoms with Gasteiger partial charge >= 0.3 is 0 Å². The summed E-state index contributed by atoms with van der Waals surface area (Å²) in [6.45, 7) is 0. The van der Waals surface area contributed by atoms with E-state index < -0.39 is 0 Å². The Morgan fingerprint density at radius 1 is 1.09 bits per heavy atom. The van der Waals surface area contributed by atoms with Gasteiger partial charge in [-0.25, -0.2) is 9.97 Å². The molecule has 3 aromatic rings. The fraction of sp³-hybridized carbons (Fsp3) is 0.118.